The SMILES string of the molecule is Cc1ccc(Cl)cc1NC(=O)CSc1nnc2nc(N(C)C)nc(N(C)C)n12. The minimum Gasteiger partial charge on any atom is -0.348 e. The van der Waals surface area contributed by atoms with Gasteiger partial charge in [-0.15, -0.1) is 10.2 Å². The normalized spacial score (nSPS) is 10.9. The van der Waals surface area contributed by atoms with Crippen molar-refractivity contribution < 1.29 is 4.79 Å². The molecule has 0 aliphatic rings. The summed E-state index contributed by atoms with van der Waals surface area (Å²) in [6, 6.07) is 5.38. The largest absolute Gasteiger partial charge is 0.348 e. The van der Waals surface area contributed by atoms with E-state index in [-0.39, 0.29) is 11.7 Å². The molecule has 0 bridgehead atoms. The van der Waals surface area contributed by atoms with E-state index in [0.29, 0.717) is 33.5 Å². The Bertz CT molecular complexity index is 1020. The molecule has 3 rings (SSSR count). The van der Waals surface area contributed by atoms with E-state index in [1.54, 1.807) is 21.4 Å². The van der Waals surface area contributed by atoms with Gasteiger partial charge < -0.3 is 15.1 Å². The average molecular weight is 421 g/mol. The molecule has 28 heavy (non-hydrogen) atoms. The number of aryl methyl sites for hydroxylation is 1. The zero-order valence-electron chi connectivity index (χ0n) is 16.3. The second kappa shape index (κ2) is 8.19. The number of aromatic nitrogens is 5. The fourth-order valence-corrected chi connectivity index (χ4v) is 3.30. The number of rotatable bonds is 6. The highest BCUT2D eigenvalue weighted by Gasteiger charge is 2.18. The van der Waals surface area contributed by atoms with E-state index in [1.807, 2.05) is 46.1 Å². The summed E-state index contributed by atoms with van der Waals surface area (Å²) >= 11 is 7.27. The van der Waals surface area contributed by atoms with Gasteiger partial charge >= 0.3 is 0 Å². The number of amides is 1. The third kappa shape index (κ3) is 4.28. The number of thioether (sulfide) groups is 1. The van der Waals surface area contributed by atoms with Gasteiger partial charge in [0.15, 0.2) is 5.16 Å². The van der Waals surface area contributed by atoms with Crippen LogP contribution >= 0.6 is 23.4 Å². The lowest BCUT2D eigenvalue weighted by Crippen LogP contribution is -2.21. The molecule has 2 heterocycles. The second-order valence-electron chi connectivity index (χ2n) is 6.53. The van der Waals surface area contributed by atoms with Gasteiger partial charge in [0.25, 0.3) is 5.78 Å². The first-order valence-electron chi connectivity index (χ1n) is 8.43. The number of nitrogens with zero attached hydrogens (tertiary/aromatic N) is 7. The van der Waals surface area contributed by atoms with Gasteiger partial charge in [0.05, 0.1) is 5.75 Å². The Kier molecular flexibility index (Phi) is 5.90. The Balaban J connectivity index is 1.81. The van der Waals surface area contributed by atoms with Crippen LogP contribution in [-0.4, -0.2) is 64.4 Å². The predicted octanol–water partition coefficient (Wildman–Crippen LogP) is 2.34. The van der Waals surface area contributed by atoms with Crippen LogP contribution in [0.25, 0.3) is 5.78 Å². The Morgan fingerprint density at radius 1 is 1.18 bits per heavy atom. The molecule has 0 atom stereocenters. The molecule has 0 saturated carbocycles. The molecule has 11 heteroatoms. The standard InChI is InChI=1S/C17H21ClN8OS/c1-10-6-7-11(18)8-12(10)19-13(27)9-28-17-23-22-15-20-14(24(2)3)21-16(25(4)5)26(15)17/h6-8H,9H2,1-5H3,(H,19,27). The van der Waals surface area contributed by atoms with Crippen molar-refractivity contribution in [1.82, 2.24) is 24.6 Å². The first kappa shape index (κ1) is 20.2. The van der Waals surface area contributed by atoms with Crippen LogP contribution in [0, 0.1) is 6.92 Å². The third-order valence-electron chi connectivity index (χ3n) is 3.82. The molecule has 0 spiro atoms. The van der Waals surface area contributed by atoms with Gasteiger partial charge in [0, 0.05) is 38.9 Å². The van der Waals surface area contributed by atoms with Crippen molar-refractivity contribution in [2.75, 3.05) is 49.1 Å². The Morgan fingerprint density at radius 3 is 2.61 bits per heavy atom. The van der Waals surface area contributed by atoms with Crippen molar-refractivity contribution in [1.29, 1.82) is 0 Å². The third-order valence-corrected chi connectivity index (χ3v) is 4.99. The van der Waals surface area contributed by atoms with Gasteiger partial charge in [-0.1, -0.05) is 29.4 Å². The predicted molar refractivity (Wildman–Crippen MR) is 113 cm³/mol. The lowest BCUT2D eigenvalue weighted by molar-refractivity contribution is -0.113. The molecule has 148 valence electrons. The van der Waals surface area contributed by atoms with E-state index in [4.69, 9.17) is 11.6 Å². The summed E-state index contributed by atoms with van der Waals surface area (Å²) in [5.74, 6) is 1.59. The molecule has 0 saturated heterocycles. The molecule has 0 fully saturated rings. The monoisotopic (exact) mass is 420 g/mol. The second-order valence-corrected chi connectivity index (χ2v) is 7.91. The maximum Gasteiger partial charge on any atom is 0.261 e. The summed E-state index contributed by atoms with van der Waals surface area (Å²) in [6.45, 7) is 1.91. The van der Waals surface area contributed by atoms with Crippen LogP contribution in [0.4, 0.5) is 17.6 Å². The van der Waals surface area contributed by atoms with Crippen molar-refractivity contribution in [3.8, 4) is 0 Å². The van der Waals surface area contributed by atoms with E-state index < -0.39 is 0 Å². The molecular weight excluding hydrogens is 400 g/mol. The molecule has 1 amide bonds. The highest BCUT2D eigenvalue weighted by atomic mass is 35.5. The van der Waals surface area contributed by atoms with Crippen LogP contribution in [0.3, 0.4) is 0 Å². The first-order chi connectivity index (χ1) is 13.3. The van der Waals surface area contributed by atoms with Crippen LogP contribution in [0.1, 0.15) is 5.56 Å². The molecule has 2 aromatic heterocycles. The van der Waals surface area contributed by atoms with Crippen molar-refractivity contribution in [2.45, 2.75) is 12.1 Å². The van der Waals surface area contributed by atoms with Gasteiger partial charge in [0.1, 0.15) is 0 Å². The number of benzene rings is 1. The fraction of sp³-hybridized carbons (Fsp3) is 0.353. The molecule has 1 N–H and O–H groups in total. The minimum atomic E-state index is -0.163. The fourth-order valence-electron chi connectivity index (χ4n) is 2.40. The molecule has 3 aromatic rings. The summed E-state index contributed by atoms with van der Waals surface area (Å²) in [5.41, 5.74) is 1.63. The molecular formula is C17H21ClN8OS. The highest BCUT2D eigenvalue weighted by molar-refractivity contribution is 7.99. The number of carbonyl (C=O) groups excluding carboxylic acids is 1. The van der Waals surface area contributed by atoms with E-state index in [9.17, 15) is 4.79 Å². The molecule has 0 radical (unpaired) electrons. The number of hydrogen-bond acceptors (Lipinski definition) is 8. The molecule has 1 aromatic carbocycles. The first-order valence-corrected chi connectivity index (χ1v) is 9.79. The minimum absolute atomic E-state index is 0.162. The quantitative estimate of drug-likeness (QED) is 0.607. The Hall–Kier alpha value is -2.59. The molecule has 9 nitrogen and oxygen atoms in total. The van der Waals surface area contributed by atoms with Crippen molar-refractivity contribution in [3.05, 3.63) is 28.8 Å². The zero-order chi connectivity index (χ0) is 20.4. The summed E-state index contributed by atoms with van der Waals surface area (Å²) in [4.78, 5) is 25.0. The number of hydrogen-bond donors (Lipinski definition) is 1. The summed E-state index contributed by atoms with van der Waals surface area (Å²) < 4.78 is 1.73. The van der Waals surface area contributed by atoms with Crippen LogP contribution in [0.2, 0.25) is 5.02 Å². The van der Waals surface area contributed by atoms with Crippen molar-refractivity contribution in [3.63, 3.8) is 0 Å². The maximum atomic E-state index is 12.4. The maximum absolute atomic E-state index is 12.4. The van der Waals surface area contributed by atoms with Gasteiger partial charge in [-0.2, -0.15) is 9.97 Å². The number of nitrogens with one attached hydrogen (secondary N) is 1. The van der Waals surface area contributed by atoms with Gasteiger partial charge in [-0.3, -0.25) is 4.79 Å². The summed E-state index contributed by atoms with van der Waals surface area (Å²) in [5, 5.41) is 12.3. The van der Waals surface area contributed by atoms with E-state index in [1.165, 1.54) is 11.8 Å². The topological polar surface area (TPSA) is 91.5 Å². The van der Waals surface area contributed by atoms with E-state index in [0.717, 1.165) is 5.56 Å². The molecule has 0 aliphatic carbocycles. The Morgan fingerprint density at radius 2 is 1.93 bits per heavy atom. The van der Waals surface area contributed by atoms with Crippen LogP contribution in [-0.2, 0) is 4.79 Å². The van der Waals surface area contributed by atoms with Crippen molar-refractivity contribution in [2.24, 2.45) is 0 Å². The average Bonchev–Trinajstić information content (AvgIpc) is 3.05. The van der Waals surface area contributed by atoms with E-state index >= 15 is 0 Å². The van der Waals surface area contributed by atoms with Gasteiger partial charge in [0.2, 0.25) is 17.8 Å². The van der Waals surface area contributed by atoms with Gasteiger partial charge in [-0.05, 0) is 24.6 Å². The number of anilines is 3. The van der Waals surface area contributed by atoms with Crippen LogP contribution in [0.5, 0.6) is 0 Å². The number of fused-ring (bicyclic) bond motifs is 1. The van der Waals surface area contributed by atoms with Crippen molar-refractivity contribution >= 4 is 52.6 Å². The lowest BCUT2D eigenvalue weighted by atomic mass is 10.2. The lowest BCUT2D eigenvalue weighted by Gasteiger charge is -2.17. The Labute approximate surface area is 172 Å². The van der Waals surface area contributed by atoms with Crippen LogP contribution < -0.4 is 15.1 Å². The summed E-state index contributed by atoms with van der Waals surface area (Å²) in [7, 11) is 7.48. The van der Waals surface area contributed by atoms with Crippen LogP contribution in [0.15, 0.2) is 23.4 Å². The van der Waals surface area contributed by atoms with E-state index in [2.05, 4.69) is 25.5 Å². The molecule has 0 unspecified atom stereocenters. The summed E-state index contributed by atoms with van der Waals surface area (Å²) in [6.07, 6.45) is 0. The highest BCUT2D eigenvalue weighted by Crippen LogP contribution is 2.24. The van der Waals surface area contributed by atoms with Gasteiger partial charge in [-0.25, -0.2) is 4.40 Å². The molecule has 0 aliphatic heterocycles. The number of halogens is 1. The zero-order valence-corrected chi connectivity index (χ0v) is 17.8. The smallest absolute Gasteiger partial charge is 0.261 e. The number of carbonyl (C=O) groups is 1.